The zero-order valence-corrected chi connectivity index (χ0v) is 10.6. The van der Waals surface area contributed by atoms with E-state index in [9.17, 15) is 18.0 Å². The quantitative estimate of drug-likeness (QED) is 0.738. The van der Waals surface area contributed by atoms with Crippen LogP contribution in [0.5, 0.6) is 0 Å². The second kappa shape index (κ2) is 5.48. The molecule has 1 unspecified atom stereocenters. The Labute approximate surface area is 101 Å². The second-order valence-electron chi connectivity index (χ2n) is 4.50. The maximum Gasteiger partial charge on any atom is 0.303 e. The van der Waals surface area contributed by atoms with Gasteiger partial charge in [0.2, 0.25) is 5.91 Å². The van der Waals surface area contributed by atoms with Crippen molar-refractivity contribution >= 4 is 21.7 Å². The van der Waals surface area contributed by atoms with Gasteiger partial charge in [-0.25, -0.2) is 8.42 Å². The normalized spacial score (nSPS) is 20.5. The van der Waals surface area contributed by atoms with E-state index < -0.39 is 21.6 Å². The van der Waals surface area contributed by atoms with E-state index in [-0.39, 0.29) is 18.2 Å². The van der Waals surface area contributed by atoms with Crippen LogP contribution in [0.4, 0.5) is 0 Å². The molecule has 1 aliphatic rings. The molecule has 1 saturated heterocycles. The maximum absolute atomic E-state index is 11.6. The predicted molar refractivity (Wildman–Crippen MR) is 61.3 cm³/mol. The van der Waals surface area contributed by atoms with Crippen molar-refractivity contribution in [2.24, 2.45) is 5.92 Å². The van der Waals surface area contributed by atoms with Crippen LogP contribution in [0, 0.1) is 5.92 Å². The molecular formula is C10H17NO5S. The van der Waals surface area contributed by atoms with Gasteiger partial charge in [0.1, 0.15) is 5.75 Å². The Morgan fingerprint density at radius 2 is 2.06 bits per heavy atom. The summed E-state index contributed by atoms with van der Waals surface area (Å²) in [6.45, 7) is 1.00. The molecule has 17 heavy (non-hydrogen) atoms. The van der Waals surface area contributed by atoms with Crippen LogP contribution in [0.2, 0.25) is 0 Å². The summed E-state index contributed by atoms with van der Waals surface area (Å²) in [6.07, 6.45) is 2.42. The lowest BCUT2D eigenvalue weighted by Crippen LogP contribution is -2.33. The Morgan fingerprint density at radius 1 is 1.41 bits per heavy atom. The molecule has 0 spiro atoms. The summed E-state index contributed by atoms with van der Waals surface area (Å²) in [6, 6.07) is 0. The van der Waals surface area contributed by atoms with Crippen molar-refractivity contribution in [1.29, 1.82) is 0 Å². The first-order valence-electron chi connectivity index (χ1n) is 5.45. The van der Waals surface area contributed by atoms with Crippen LogP contribution in [0.25, 0.3) is 0 Å². The summed E-state index contributed by atoms with van der Waals surface area (Å²) < 4.78 is 21.9. The van der Waals surface area contributed by atoms with Crippen molar-refractivity contribution < 1.29 is 23.1 Å². The van der Waals surface area contributed by atoms with E-state index in [0.717, 1.165) is 12.7 Å². The Kier molecular flexibility index (Phi) is 4.50. The first-order valence-corrected chi connectivity index (χ1v) is 7.51. The minimum Gasteiger partial charge on any atom is -0.481 e. The number of hydrogen-bond donors (Lipinski definition) is 1. The fourth-order valence-electron chi connectivity index (χ4n) is 1.94. The predicted octanol–water partition coefficient (Wildman–Crippen LogP) is -0.256. The smallest absolute Gasteiger partial charge is 0.303 e. The fraction of sp³-hybridized carbons (Fsp3) is 0.800. The van der Waals surface area contributed by atoms with Gasteiger partial charge in [-0.05, 0) is 18.8 Å². The molecule has 0 radical (unpaired) electrons. The zero-order chi connectivity index (χ0) is 13.1. The molecule has 0 aromatic rings. The number of rotatable bonds is 5. The highest BCUT2D eigenvalue weighted by Crippen LogP contribution is 2.21. The molecule has 0 aromatic heterocycles. The van der Waals surface area contributed by atoms with Gasteiger partial charge in [-0.1, -0.05) is 0 Å². The lowest BCUT2D eigenvalue weighted by molar-refractivity contribution is -0.137. The molecule has 7 heteroatoms. The molecule has 0 aliphatic carbocycles. The number of aliphatic carboxylic acids is 1. The average Bonchev–Trinajstić information content (AvgIpc) is 2.60. The molecular weight excluding hydrogens is 246 g/mol. The number of nitrogens with zero attached hydrogens (tertiary/aromatic N) is 1. The molecule has 98 valence electrons. The first kappa shape index (κ1) is 14.0. The number of hydrogen-bond acceptors (Lipinski definition) is 4. The third-order valence-corrected chi connectivity index (χ3v) is 3.56. The SMILES string of the molecule is CS(=O)(=O)CC(=O)N1CCC(CCC(=O)O)C1. The average molecular weight is 263 g/mol. The van der Waals surface area contributed by atoms with Crippen LogP contribution >= 0.6 is 0 Å². The monoisotopic (exact) mass is 263 g/mol. The van der Waals surface area contributed by atoms with Crippen molar-refractivity contribution in [1.82, 2.24) is 4.90 Å². The van der Waals surface area contributed by atoms with E-state index in [4.69, 9.17) is 5.11 Å². The maximum atomic E-state index is 11.6. The summed E-state index contributed by atoms with van der Waals surface area (Å²) in [4.78, 5) is 23.5. The second-order valence-corrected chi connectivity index (χ2v) is 6.64. The van der Waals surface area contributed by atoms with E-state index in [1.54, 1.807) is 0 Å². The Morgan fingerprint density at radius 3 is 2.59 bits per heavy atom. The molecule has 1 atom stereocenters. The largest absolute Gasteiger partial charge is 0.481 e. The van der Waals surface area contributed by atoms with Gasteiger partial charge in [-0.2, -0.15) is 0 Å². The van der Waals surface area contributed by atoms with Gasteiger partial charge in [0.25, 0.3) is 0 Å². The van der Waals surface area contributed by atoms with E-state index in [2.05, 4.69) is 0 Å². The molecule has 1 amide bonds. The summed E-state index contributed by atoms with van der Waals surface area (Å²) in [5.74, 6) is -1.51. The number of likely N-dealkylation sites (tertiary alicyclic amines) is 1. The summed E-state index contributed by atoms with van der Waals surface area (Å²) in [7, 11) is -3.29. The topological polar surface area (TPSA) is 91.8 Å². The molecule has 1 heterocycles. The fourth-order valence-corrected chi connectivity index (χ4v) is 2.57. The van der Waals surface area contributed by atoms with Crippen LogP contribution in [0.15, 0.2) is 0 Å². The Bertz CT molecular complexity index is 403. The standard InChI is InChI=1S/C10H17NO5S/c1-17(15,16)7-9(12)11-5-4-8(6-11)2-3-10(13)14/h8H,2-7H2,1H3,(H,13,14). The van der Waals surface area contributed by atoms with Crippen LogP contribution in [0.1, 0.15) is 19.3 Å². The molecule has 0 aromatic carbocycles. The number of carbonyl (C=O) groups excluding carboxylic acids is 1. The summed E-state index contributed by atoms with van der Waals surface area (Å²) in [5.41, 5.74) is 0. The Hall–Kier alpha value is -1.11. The number of carboxylic acid groups (broad SMARTS) is 1. The molecule has 1 rings (SSSR count). The van der Waals surface area contributed by atoms with Crippen molar-refractivity contribution in [3.63, 3.8) is 0 Å². The van der Waals surface area contributed by atoms with Crippen molar-refractivity contribution in [2.45, 2.75) is 19.3 Å². The third kappa shape index (κ3) is 5.16. The van der Waals surface area contributed by atoms with Gasteiger partial charge in [-0.3, -0.25) is 9.59 Å². The van der Waals surface area contributed by atoms with Crippen molar-refractivity contribution in [3.8, 4) is 0 Å². The van der Waals surface area contributed by atoms with E-state index in [0.29, 0.717) is 19.5 Å². The van der Waals surface area contributed by atoms with Gasteiger partial charge in [0, 0.05) is 25.8 Å². The molecule has 6 nitrogen and oxygen atoms in total. The van der Waals surface area contributed by atoms with Crippen molar-refractivity contribution in [2.75, 3.05) is 25.1 Å². The number of carboxylic acids is 1. The minimum absolute atomic E-state index is 0.0960. The third-order valence-electron chi connectivity index (χ3n) is 2.79. The lowest BCUT2D eigenvalue weighted by atomic mass is 10.0. The minimum atomic E-state index is -3.29. The Balaban J connectivity index is 2.39. The first-order chi connectivity index (χ1) is 7.78. The lowest BCUT2D eigenvalue weighted by Gasteiger charge is -2.15. The molecule has 0 saturated carbocycles. The zero-order valence-electron chi connectivity index (χ0n) is 9.76. The van der Waals surface area contributed by atoms with Gasteiger partial charge < -0.3 is 10.0 Å². The van der Waals surface area contributed by atoms with Crippen LogP contribution in [-0.2, 0) is 19.4 Å². The highest BCUT2D eigenvalue weighted by Gasteiger charge is 2.27. The highest BCUT2D eigenvalue weighted by molar-refractivity contribution is 7.91. The van der Waals surface area contributed by atoms with Crippen LogP contribution in [0.3, 0.4) is 0 Å². The number of amides is 1. The molecule has 0 bridgehead atoms. The summed E-state index contributed by atoms with van der Waals surface area (Å²) >= 11 is 0. The molecule has 1 fully saturated rings. The van der Waals surface area contributed by atoms with E-state index >= 15 is 0 Å². The van der Waals surface area contributed by atoms with E-state index in [1.807, 2.05) is 0 Å². The highest BCUT2D eigenvalue weighted by atomic mass is 32.2. The van der Waals surface area contributed by atoms with Crippen molar-refractivity contribution in [3.05, 3.63) is 0 Å². The number of carbonyl (C=O) groups is 2. The molecule has 1 aliphatic heterocycles. The van der Waals surface area contributed by atoms with Gasteiger partial charge >= 0.3 is 5.97 Å². The van der Waals surface area contributed by atoms with Crippen LogP contribution < -0.4 is 0 Å². The van der Waals surface area contributed by atoms with Crippen LogP contribution in [-0.4, -0.2) is 55.4 Å². The number of sulfone groups is 1. The van der Waals surface area contributed by atoms with Gasteiger partial charge in [0.15, 0.2) is 9.84 Å². The van der Waals surface area contributed by atoms with E-state index in [1.165, 1.54) is 4.90 Å². The van der Waals surface area contributed by atoms with Gasteiger partial charge in [-0.15, -0.1) is 0 Å². The summed E-state index contributed by atoms with van der Waals surface area (Å²) in [5, 5.41) is 8.54. The molecule has 1 N–H and O–H groups in total. The van der Waals surface area contributed by atoms with Gasteiger partial charge in [0.05, 0.1) is 0 Å².